The van der Waals surface area contributed by atoms with Gasteiger partial charge in [0, 0.05) is 12.1 Å². The summed E-state index contributed by atoms with van der Waals surface area (Å²) in [4.78, 5) is 13.4. The molecule has 1 heterocycles. The van der Waals surface area contributed by atoms with Gasteiger partial charge in [-0.3, -0.25) is 9.69 Å². The number of rotatable bonds is 5. The predicted molar refractivity (Wildman–Crippen MR) is 62.4 cm³/mol. The molecule has 1 fully saturated rings. The molecular weight excluding hydrogens is 206 g/mol. The summed E-state index contributed by atoms with van der Waals surface area (Å²) in [6.45, 7) is 10.3. The minimum atomic E-state index is -0.739. The van der Waals surface area contributed by atoms with Gasteiger partial charge in [-0.1, -0.05) is 20.8 Å². The molecule has 4 heteroatoms. The standard InChI is InChI=1S/C12H23NO3/c1-5-13(9(4)8(2)3)11-7-16-6-10(11)12(14)15/h8-11H,5-7H2,1-4H3,(H,14,15). The molecule has 0 aliphatic carbocycles. The first-order chi connectivity index (χ1) is 7.49. The number of nitrogens with zero attached hydrogens (tertiary/aromatic N) is 1. The molecule has 94 valence electrons. The number of carboxylic acid groups (broad SMARTS) is 1. The van der Waals surface area contributed by atoms with E-state index in [0.29, 0.717) is 25.2 Å². The fraction of sp³-hybridized carbons (Fsp3) is 0.917. The molecule has 0 aromatic carbocycles. The molecule has 0 saturated carbocycles. The van der Waals surface area contributed by atoms with Crippen molar-refractivity contribution in [3.63, 3.8) is 0 Å². The molecule has 0 aromatic rings. The molecule has 3 atom stereocenters. The smallest absolute Gasteiger partial charge is 0.310 e. The molecule has 4 nitrogen and oxygen atoms in total. The molecule has 1 N–H and O–H groups in total. The van der Waals surface area contributed by atoms with E-state index >= 15 is 0 Å². The molecule has 16 heavy (non-hydrogen) atoms. The van der Waals surface area contributed by atoms with Gasteiger partial charge in [0.15, 0.2) is 0 Å². The SMILES string of the molecule is CCN(C(C)C(C)C)C1COCC1C(=O)O. The van der Waals surface area contributed by atoms with Crippen LogP contribution in [0.5, 0.6) is 0 Å². The van der Waals surface area contributed by atoms with E-state index in [1.807, 2.05) is 0 Å². The normalized spacial score (nSPS) is 27.6. The zero-order valence-corrected chi connectivity index (χ0v) is 10.6. The van der Waals surface area contributed by atoms with Gasteiger partial charge in [-0.25, -0.2) is 0 Å². The zero-order chi connectivity index (χ0) is 12.3. The van der Waals surface area contributed by atoms with Crippen molar-refractivity contribution in [2.24, 2.45) is 11.8 Å². The van der Waals surface area contributed by atoms with Gasteiger partial charge >= 0.3 is 5.97 Å². The number of carboxylic acids is 1. The van der Waals surface area contributed by atoms with Gasteiger partial charge in [-0.2, -0.15) is 0 Å². The zero-order valence-electron chi connectivity index (χ0n) is 10.6. The van der Waals surface area contributed by atoms with Gasteiger partial charge in [-0.15, -0.1) is 0 Å². The van der Waals surface area contributed by atoms with E-state index in [0.717, 1.165) is 6.54 Å². The molecule has 1 aliphatic rings. The monoisotopic (exact) mass is 229 g/mol. The highest BCUT2D eigenvalue weighted by Crippen LogP contribution is 2.24. The van der Waals surface area contributed by atoms with Crippen molar-refractivity contribution in [2.45, 2.75) is 39.8 Å². The molecule has 0 radical (unpaired) electrons. The third-order valence-electron chi connectivity index (χ3n) is 3.65. The summed E-state index contributed by atoms with van der Waals surface area (Å²) in [5, 5.41) is 9.14. The van der Waals surface area contributed by atoms with Crippen LogP contribution >= 0.6 is 0 Å². The van der Waals surface area contributed by atoms with Crippen LogP contribution in [-0.4, -0.2) is 47.8 Å². The lowest BCUT2D eigenvalue weighted by Crippen LogP contribution is -2.49. The number of hydrogen-bond acceptors (Lipinski definition) is 3. The Hall–Kier alpha value is -0.610. The minimum Gasteiger partial charge on any atom is -0.481 e. The minimum absolute atomic E-state index is 0.0277. The summed E-state index contributed by atoms with van der Waals surface area (Å²) in [5.74, 6) is -0.590. The summed E-state index contributed by atoms with van der Waals surface area (Å²) < 4.78 is 5.32. The second-order valence-electron chi connectivity index (χ2n) is 4.86. The first-order valence-corrected chi connectivity index (χ1v) is 6.05. The van der Waals surface area contributed by atoms with Crippen LogP contribution in [0, 0.1) is 11.8 Å². The van der Waals surface area contributed by atoms with Gasteiger partial charge in [-0.05, 0) is 19.4 Å². The van der Waals surface area contributed by atoms with Crippen LogP contribution < -0.4 is 0 Å². The van der Waals surface area contributed by atoms with Gasteiger partial charge in [0.25, 0.3) is 0 Å². The summed E-state index contributed by atoms with van der Waals surface area (Å²) in [5.41, 5.74) is 0. The predicted octanol–water partition coefficient (Wildman–Crippen LogP) is 1.45. The molecule has 0 bridgehead atoms. The molecule has 0 aromatic heterocycles. The molecular formula is C12H23NO3. The Kier molecular flexibility index (Phi) is 4.74. The van der Waals surface area contributed by atoms with Crippen LogP contribution in [0.1, 0.15) is 27.7 Å². The van der Waals surface area contributed by atoms with Gasteiger partial charge in [0.2, 0.25) is 0 Å². The third kappa shape index (κ3) is 2.74. The van der Waals surface area contributed by atoms with Gasteiger partial charge in [0.05, 0.1) is 19.1 Å². The summed E-state index contributed by atoms with van der Waals surface area (Å²) >= 11 is 0. The van der Waals surface area contributed by atoms with Crippen LogP contribution in [0.4, 0.5) is 0 Å². The summed E-state index contributed by atoms with van der Waals surface area (Å²) in [6, 6.07) is 0.415. The van der Waals surface area contributed by atoms with E-state index in [1.54, 1.807) is 0 Å². The van der Waals surface area contributed by atoms with E-state index in [2.05, 4.69) is 32.6 Å². The van der Waals surface area contributed by atoms with Crippen LogP contribution in [0.2, 0.25) is 0 Å². The number of carbonyl (C=O) groups is 1. The number of likely N-dealkylation sites (N-methyl/N-ethyl adjacent to an activating group) is 1. The Morgan fingerprint density at radius 3 is 2.50 bits per heavy atom. The van der Waals surface area contributed by atoms with E-state index in [4.69, 9.17) is 9.84 Å². The second-order valence-corrected chi connectivity index (χ2v) is 4.86. The fourth-order valence-electron chi connectivity index (χ4n) is 2.31. The maximum atomic E-state index is 11.1. The largest absolute Gasteiger partial charge is 0.481 e. The molecule has 1 saturated heterocycles. The van der Waals surface area contributed by atoms with Crippen LogP contribution in [0.15, 0.2) is 0 Å². The lowest BCUT2D eigenvalue weighted by Gasteiger charge is -2.36. The molecule has 1 aliphatic heterocycles. The molecule has 1 rings (SSSR count). The number of hydrogen-bond donors (Lipinski definition) is 1. The van der Waals surface area contributed by atoms with Crippen molar-refractivity contribution in [3.8, 4) is 0 Å². The Morgan fingerprint density at radius 2 is 2.06 bits per heavy atom. The van der Waals surface area contributed by atoms with E-state index in [-0.39, 0.29) is 12.0 Å². The number of aliphatic carboxylic acids is 1. The first kappa shape index (κ1) is 13.5. The van der Waals surface area contributed by atoms with Crippen LogP contribution in [0.3, 0.4) is 0 Å². The lowest BCUT2D eigenvalue weighted by molar-refractivity contribution is -0.143. The number of ether oxygens (including phenoxy) is 1. The summed E-state index contributed by atoms with van der Waals surface area (Å²) in [6.07, 6.45) is 0. The Bertz CT molecular complexity index is 242. The van der Waals surface area contributed by atoms with E-state index in [1.165, 1.54) is 0 Å². The molecule has 3 unspecified atom stereocenters. The second kappa shape index (κ2) is 5.64. The Morgan fingerprint density at radius 1 is 1.44 bits per heavy atom. The van der Waals surface area contributed by atoms with Crippen LogP contribution in [0.25, 0.3) is 0 Å². The molecule has 0 spiro atoms. The average Bonchev–Trinajstić information content (AvgIpc) is 2.67. The quantitative estimate of drug-likeness (QED) is 0.775. The van der Waals surface area contributed by atoms with Crippen molar-refractivity contribution in [2.75, 3.05) is 19.8 Å². The van der Waals surface area contributed by atoms with Crippen molar-refractivity contribution in [3.05, 3.63) is 0 Å². The fourth-order valence-corrected chi connectivity index (χ4v) is 2.31. The van der Waals surface area contributed by atoms with Gasteiger partial charge < -0.3 is 9.84 Å². The Labute approximate surface area is 97.6 Å². The maximum Gasteiger partial charge on any atom is 0.310 e. The topological polar surface area (TPSA) is 49.8 Å². The first-order valence-electron chi connectivity index (χ1n) is 6.05. The van der Waals surface area contributed by atoms with Crippen molar-refractivity contribution in [1.29, 1.82) is 0 Å². The van der Waals surface area contributed by atoms with Gasteiger partial charge in [0.1, 0.15) is 0 Å². The van der Waals surface area contributed by atoms with Crippen LogP contribution in [-0.2, 0) is 9.53 Å². The average molecular weight is 229 g/mol. The maximum absolute atomic E-state index is 11.1. The van der Waals surface area contributed by atoms with Crippen molar-refractivity contribution >= 4 is 5.97 Å². The third-order valence-corrected chi connectivity index (χ3v) is 3.65. The van der Waals surface area contributed by atoms with E-state index < -0.39 is 5.97 Å². The van der Waals surface area contributed by atoms with Crippen molar-refractivity contribution < 1.29 is 14.6 Å². The highest BCUT2D eigenvalue weighted by atomic mass is 16.5. The van der Waals surface area contributed by atoms with Crippen molar-refractivity contribution in [1.82, 2.24) is 4.90 Å². The van der Waals surface area contributed by atoms with E-state index in [9.17, 15) is 4.79 Å². The lowest BCUT2D eigenvalue weighted by atomic mass is 9.97. The highest BCUT2D eigenvalue weighted by Gasteiger charge is 2.39. The highest BCUT2D eigenvalue weighted by molar-refractivity contribution is 5.71. The molecule has 0 amide bonds. The summed E-state index contributed by atoms with van der Waals surface area (Å²) in [7, 11) is 0. The Balaban J connectivity index is 2.75.